The summed E-state index contributed by atoms with van der Waals surface area (Å²) in [5.41, 5.74) is -1.87. The van der Waals surface area contributed by atoms with Crippen molar-refractivity contribution in [3.05, 3.63) is 93.4 Å². The van der Waals surface area contributed by atoms with Gasteiger partial charge in [-0.3, -0.25) is 9.79 Å². The molecule has 6 nitrogen and oxygen atoms in total. The Hall–Kier alpha value is -4.13. The Morgan fingerprint density at radius 3 is 2.24 bits per heavy atom. The van der Waals surface area contributed by atoms with Crippen molar-refractivity contribution in [2.45, 2.75) is 25.5 Å². The first-order valence-corrected chi connectivity index (χ1v) is 12.7. The molecule has 216 valence electrons. The summed E-state index contributed by atoms with van der Waals surface area (Å²) in [7, 11) is 2.89. The summed E-state index contributed by atoms with van der Waals surface area (Å²) in [6.45, 7) is -0.315. The zero-order valence-corrected chi connectivity index (χ0v) is 22.3. The summed E-state index contributed by atoms with van der Waals surface area (Å²) >= 11 is 1.14. The molecule has 4 rings (SSSR count). The van der Waals surface area contributed by atoms with E-state index >= 15 is 0 Å². The lowest BCUT2D eigenvalue weighted by Crippen LogP contribution is -2.19. The molecule has 0 unspecified atom stereocenters. The molecule has 1 saturated heterocycles. The lowest BCUT2D eigenvalue weighted by atomic mass is 10.0. The molecule has 3 aromatic carbocycles. The molecule has 41 heavy (non-hydrogen) atoms. The number of amides is 1. The lowest BCUT2D eigenvalue weighted by Gasteiger charge is -2.17. The van der Waals surface area contributed by atoms with Gasteiger partial charge in [0.15, 0.2) is 16.7 Å². The van der Waals surface area contributed by atoms with Crippen LogP contribution in [0.3, 0.4) is 0 Å². The van der Waals surface area contributed by atoms with E-state index < -0.39 is 35.6 Å². The second-order valence-corrected chi connectivity index (χ2v) is 9.63. The highest BCUT2D eigenvalue weighted by Crippen LogP contribution is 2.38. The van der Waals surface area contributed by atoms with Crippen LogP contribution in [-0.2, 0) is 30.3 Å². The van der Waals surface area contributed by atoms with E-state index in [1.807, 2.05) is 12.1 Å². The number of rotatable bonds is 8. The van der Waals surface area contributed by atoms with Gasteiger partial charge in [0.25, 0.3) is 5.91 Å². The second-order valence-electron chi connectivity index (χ2n) is 8.60. The van der Waals surface area contributed by atoms with Crippen LogP contribution in [0.15, 0.2) is 70.6 Å². The van der Waals surface area contributed by atoms with Crippen molar-refractivity contribution in [2.75, 3.05) is 14.2 Å². The van der Waals surface area contributed by atoms with Crippen molar-refractivity contribution in [1.82, 2.24) is 5.32 Å². The van der Waals surface area contributed by atoms with E-state index in [9.17, 15) is 31.1 Å². The fraction of sp³-hybridized carbons (Fsp3) is 0.214. The van der Waals surface area contributed by atoms with Crippen molar-refractivity contribution in [3.63, 3.8) is 0 Å². The molecule has 0 radical (unpaired) electrons. The molecule has 1 aliphatic rings. The van der Waals surface area contributed by atoms with Gasteiger partial charge >= 0.3 is 12.4 Å². The van der Waals surface area contributed by atoms with Crippen LogP contribution in [0.25, 0.3) is 6.08 Å². The van der Waals surface area contributed by atoms with Gasteiger partial charge in [0.1, 0.15) is 12.4 Å². The van der Waals surface area contributed by atoms with E-state index in [1.54, 1.807) is 31.4 Å². The van der Waals surface area contributed by atoms with Crippen LogP contribution >= 0.6 is 11.8 Å². The third kappa shape index (κ3) is 7.54. The third-order valence-electron chi connectivity index (χ3n) is 5.83. The molecule has 1 fully saturated rings. The average Bonchev–Trinajstić information content (AvgIpc) is 3.28. The van der Waals surface area contributed by atoms with Gasteiger partial charge in [-0.1, -0.05) is 24.3 Å². The third-order valence-corrected chi connectivity index (χ3v) is 6.77. The van der Waals surface area contributed by atoms with Crippen LogP contribution in [0.1, 0.15) is 27.8 Å². The lowest BCUT2D eigenvalue weighted by molar-refractivity contribution is -0.143. The van der Waals surface area contributed by atoms with Crippen molar-refractivity contribution >= 4 is 28.9 Å². The SMILES string of the molecule is COc1ccc(CN=C2NC(=O)/C(=C/c3ccc(OCc4ccc(C(F)(F)F)cc4C(F)(F)F)c(OC)c3)S2)cc1. The molecule has 13 heteroatoms. The predicted molar refractivity (Wildman–Crippen MR) is 142 cm³/mol. The number of carbonyl (C=O) groups excluding carboxylic acids is 1. The van der Waals surface area contributed by atoms with Crippen molar-refractivity contribution < 1.29 is 45.3 Å². The quantitative estimate of drug-likeness (QED) is 0.222. The molecule has 0 aromatic heterocycles. The number of benzene rings is 3. The van der Waals surface area contributed by atoms with Gasteiger partial charge in [-0.25, -0.2) is 0 Å². The average molecular weight is 597 g/mol. The smallest absolute Gasteiger partial charge is 0.416 e. The molecule has 1 aliphatic heterocycles. The first-order chi connectivity index (χ1) is 19.4. The standard InChI is InChI=1S/C28H22F6N2O4S/c1-38-20-8-3-16(4-9-20)14-35-26-36-25(37)24(41-26)12-17-5-10-22(23(11-17)39-2)40-15-18-6-7-19(27(29,30)31)13-21(18)28(32,33)34/h3-13H,14-15H2,1-2H3,(H,35,36,37)/b24-12-. The van der Waals surface area contributed by atoms with Crippen LogP contribution in [-0.4, -0.2) is 25.3 Å². The van der Waals surface area contributed by atoms with E-state index in [-0.39, 0.29) is 23.5 Å². The minimum Gasteiger partial charge on any atom is -0.497 e. The van der Waals surface area contributed by atoms with Gasteiger partial charge in [-0.15, -0.1) is 0 Å². The normalized spacial score (nSPS) is 15.8. The molecular weight excluding hydrogens is 574 g/mol. The maximum Gasteiger partial charge on any atom is 0.416 e. The van der Waals surface area contributed by atoms with Crippen molar-refractivity contribution in [2.24, 2.45) is 4.99 Å². The minimum absolute atomic E-state index is 0.0596. The summed E-state index contributed by atoms with van der Waals surface area (Å²) in [5, 5.41) is 3.11. The fourth-order valence-electron chi connectivity index (χ4n) is 3.74. The Balaban J connectivity index is 1.47. The van der Waals surface area contributed by atoms with E-state index in [0.29, 0.717) is 34.0 Å². The highest BCUT2D eigenvalue weighted by atomic mass is 32.2. The molecular formula is C28H22F6N2O4S. The van der Waals surface area contributed by atoms with E-state index in [2.05, 4.69) is 10.3 Å². The number of hydrogen-bond donors (Lipinski definition) is 1. The van der Waals surface area contributed by atoms with Crippen molar-refractivity contribution in [3.8, 4) is 17.2 Å². The molecule has 0 atom stereocenters. The largest absolute Gasteiger partial charge is 0.497 e. The van der Waals surface area contributed by atoms with Gasteiger partial charge in [-0.2, -0.15) is 26.3 Å². The molecule has 0 aliphatic carbocycles. The number of amidine groups is 1. The Morgan fingerprint density at radius 2 is 1.61 bits per heavy atom. The molecule has 3 aromatic rings. The number of aliphatic imine (C=N–C) groups is 1. The Bertz CT molecular complexity index is 1480. The number of methoxy groups -OCH3 is 2. The fourth-order valence-corrected chi connectivity index (χ4v) is 4.56. The van der Waals surface area contributed by atoms with Crippen molar-refractivity contribution in [1.29, 1.82) is 0 Å². The number of ether oxygens (including phenoxy) is 3. The summed E-state index contributed by atoms with van der Waals surface area (Å²) in [5.74, 6) is 0.571. The summed E-state index contributed by atoms with van der Waals surface area (Å²) in [6, 6.07) is 13.2. The van der Waals surface area contributed by atoms with E-state index in [4.69, 9.17) is 14.2 Å². The first-order valence-electron chi connectivity index (χ1n) is 11.8. The number of hydrogen-bond acceptors (Lipinski definition) is 6. The van der Waals surface area contributed by atoms with E-state index in [0.717, 1.165) is 23.4 Å². The van der Waals surface area contributed by atoms with Crippen LogP contribution in [0.5, 0.6) is 17.2 Å². The zero-order chi connectivity index (χ0) is 29.8. The highest BCUT2D eigenvalue weighted by molar-refractivity contribution is 8.18. The maximum atomic E-state index is 13.5. The Kier molecular flexibility index (Phi) is 8.86. The molecule has 0 bridgehead atoms. The monoisotopic (exact) mass is 596 g/mol. The second kappa shape index (κ2) is 12.2. The highest BCUT2D eigenvalue weighted by Gasteiger charge is 2.38. The number of nitrogens with zero attached hydrogens (tertiary/aromatic N) is 1. The number of alkyl halides is 6. The summed E-state index contributed by atoms with van der Waals surface area (Å²) in [6.07, 6.45) is -8.36. The Morgan fingerprint density at radius 1 is 0.878 bits per heavy atom. The predicted octanol–water partition coefficient (Wildman–Crippen LogP) is 7.08. The Labute approximate surface area is 235 Å². The first kappa shape index (κ1) is 29.8. The molecule has 1 heterocycles. The molecule has 0 spiro atoms. The van der Waals surface area contributed by atoms with Gasteiger partial charge < -0.3 is 19.5 Å². The maximum absolute atomic E-state index is 13.5. The summed E-state index contributed by atoms with van der Waals surface area (Å²) in [4.78, 5) is 17.2. The number of nitrogens with one attached hydrogen (secondary N) is 1. The topological polar surface area (TPSA) is 69.2 Å². The molecule has 1 amide bonds. The number of halogens is 6. The van der Waals surface area contributed by atoms with Crippen LogP contribution < -0.4 is 19.5 Å². The van der Waals surface area contributed by atoms with Gasteiger partial charge in [-0.05, 0) is 65.4 Å². The molecule has 1 N–H and O–H groups in total. The minimum atomic E-state index is -5.02. The van der Waals surface area contributed by atoms with Gasteiger partial charge in [0, 0.05) is 5.56 Å². The van der Waals surface area contributed by atoms with E-state index in [1.165, 1.54) is 19.2 Å². The summed E-state index contributed by atoms with van der Waals surface area (Å²) < 4.78 is 95.1. The zero-order valence-electron chi connectivity index (χ0n) is 21.5. The number of carbonyl (C=O) groups is 1. The van der Waals surface area contributed by atoms with Crippen LogP contribution in [0.2, 0.25) is 0 Å². The van der Waals surface area contributed by atoms with Crippen LogP contribution in [0, 0.1) is 0 Å². The molecule has 0 saturated carbocycles. The van der Waals surface area contributed by atoms with Crippen LogP contribution in [0.4, 0.5) is 26.3 Å². The van der Waals surface area contributed by atoms with Gasteiger partial charge in [0.05, 0.1) is 36.8 Å². The van der Waals surface area contributed by atoms with Gasteiger partial charge in [0.2, 0.25) is 0 Å². The number of thioether (sulfide) groups is 1.